The minimum Gasteiger partial charge on any atom is -0.310 e. The van der Waals surface area contributed by atoms with Crippen molar-refractivity contribution < 1.29 is 9.18 Å². The highest BCUT2D eigenvalue weighted by molar-refractivity contribution is 5.95. The maximum atomic E-state index is 14.1. The highest BCUT2D eigenvalue weighted by Gasteiger charge is 2.24. The summed E-state index contributed by atoms with van der Waals surface area (Å²) in [6.07, 6.45) is 1.34. The number of halogens is 1. The van der Waals surface area contributed by atoms with Crippen molar-refractivity contribution in [2.24, 2.45) is 0 Å². The van der Waals surface area contributed by atoms with Crippen LogP contribution in [0.5, 0.6) is 0 Å². The molecule has 3 nitrogen and oxygen atoms in total. The molecule has 98 valence electrons. The van der Waals surface area contributed by atoms with Crippen LogP contribution in [0.15, 0.2) is 18.2 Å². The van der Waals surface area contributed by atoms with Gasteiger partial charge in [0.15, 0.2) is 0 Å². The van der Waals surface area contributed by atoms with Gasteiger partial charge in [0.2, 0.25) is 5.91 Å². The molecule has 1 unspecified atom stereocenters. The molecule has 1 atom stereocenters. The van der Waals surface area contributed by atoms with Crippen molar-refractivity contribution in [1.29, 1.82) is 0 Å². The van der Waals surface area contributed by atoms with Crippen LogP contribution in [-0.2, 0) is 4.79 Å². The van der Waals surface area contributed by atoms with Crippen LogP contribution in [0.3, 0.4) is 0 Å². The van der Waals surface area contributed by atoms with Gasteiger partial charge in [0, 0.05) is 19.0 Å². The van der Waals surface area contributed by atoms with Crippen LogP contribution in [0.25, 0.3) is 0 Å². The largest absolute Gasteiger partial charge is 0.310 e. The lowest BCUT2D eigenvalue weighted by molar-refractivity contribution is -0.117. The summed E-state index contributed by atoms with van der Waals surface area (Å²) in [5.74, 6) is -0.293. The lowest BCUT2D eigenvalue weighted by atomic mass is 10.1. The molecule has 1 saturated heterocycles. The highest BCUT2D eigenvalue weighted by Crippen LogP contribution is 2.28. The third-order valence-electron chi connectivity index (χ3n) is 3.59. The highest BCUT2D eigenvalue weighted by atomic mass is 19.1. The molecule has 1 aromatic carbocycles. The topological polar surface area (TPSA) is 23.6 Å². The first-order valence-corrected chi connectivity index (χ1v) is 6.27. The molecule has 0 aromatic heterocycles. The number of anilines is 1. The summed E-state index contributed by atoms with van der Waals surface area (Å²) in [6, 6.07) is 5.30. The molecule has 1 amide bonds. The Hall–Kier alpha value is -1.42. The van der Waals surface area contributed by atoms with Crippen LogP contribution in [-0.4, -0.2) is 31.4 Å². The number of amides is 1. The van der Waals surface area contributed by atoms with Crippen molar-refractivity contribution in [2.75, 3.05) is 25.5 Å². The van der Waals surface area contributed by atoms with E-state index in [9.17, 15) is 9.18 Å². The average Bonchev–Trinajstić information content (AvgIpc) is 2.74. The van der Waals surface area contributed by atoms with Crippen molar-refractivity contribution in [1.82, 2.24) is 4.90 Å². The molecule has 0 bridgehead atoms. The normalized spacial score (nSPS) is 17.6. The first-order valence-electron chi connectivity index (χ1n) is 6.27. The molecule has 1 aromatic rings. The maximum absolute atomic E-state index is 14.1. The molecule has 2 rings (SSSR count). The van der Waals surface area contributed by atoms with Crippen LogP contribution in [0.1, 0.15) is 31.4 Å². The second-order valence-electron chi connectivity index (χ2n) is 5.00. The van der Waals surface area contributed by atoms with E-state index in [-0.39, 0.29) is 17.8 Å². The predicted octanol–water partition coefficient (Wildman–Crippen LogP) is 2.58. The number of hydrogen-bond acceptors (Lipinski definition) is 2. The van der Waals surface area contributed by atoms with Gasteiger partial charge in [-0.3, -0.25) is 4.79 Å². The van der Waals surface area contributed by atoms with E-state index in [0.717, 1.165) is 12.0 Å². The van der Waals surface area contributed by atoms with E-state index in [2.05, 4.69) is 0 Å². The first-order chi connectivity index (χ1) is 8.50. The van der Waals surface area contributed by atoms with Gasteiger partial charge >= 0.3 is 0 Å². The first kappa shape index (κ1) is 13.0. The fourth-order valence-electron chi connectivity index (χ4n) is 2.20. The van der Waals surface area contributed by atoms with E-state index < -0.39 is 0 Å². The zero-order chi connectivity index (χ0) is 13.3. The lowest BCUT2D eigenvalue weighted by Gasteiger charge is -2.22. The van der Waals surface area contributed by atoms with Gasteiger partial charge in [-0.25, -0.2) is 4.39 Å². The molecule has 0 spiro atoms. The summed E-state index contributed by atoms with van der Waals surface area (Å²) in [5, 5.41) is 0. The predicted molar refractivity (Wildman–Crippen MR) is 70.1 cm³/mol. The number of carbonyl (C=O) groups is 1. The van der Waals surface area contributed by atoms with E-state index in [1.54, 1.807) is 11.0 Å². The molecule has 1 heterocycles. The Morgan fingerprint density at radius 1 is 1.39 bits per heavy atom. The zero-order valence-corrected chi connectivity index (χ0v) is 11.1. The van der Waals surface area contributed by atoms with Gasteiger partial charge < -0.3 is 9.80 Å². The molecular formula is C14H19FN2O. The summed E-state index contributed by atoms with van der Waals surface area (Å²) in [6.45, 7) is 2.65. The average molecular weight is 250 g/mol. The molecule has 1 aliphatic rings. The Kier molecular flexibility index (Phi) is 3.66. The number of carbonyl (C=O) groups excluding carboxylic acids is 1. The van der Waals surface area contributed by atoms with Crippen LogP contribution >= 0.6 is 0 Å². The summed E-state index contributed by atoms with van der Waals surface area (Å²) >= 11 is 0. The molecule has 0 N–H and O–H groups in total. The van der Waals surface area contributed by atoms with E-state index in [1.807, 2.05) is 32.0 Å². The van der Waals surface area contributed by atoms with E-state index >= 15 is 0 Å². The van der Waals surface area contributed by atoms with Gasteiger partial charge in [-0.15, -0.1) is 0 Å². The summed E-state index contributed by atoms with van der Waals surface area (Å²) in [4.78, 5) is 15.2. The Morgan fingerprint density at radius 3 is 2.61 bits per heavy atom. The van der Waals surface area contributed by atoms with Crippen LogP contribution in [0.2, 0.25) is 0 Å². The molecule has 1 aliphatic heterocycles. The van der Waals surface area contributed by atoms with Crippen LogP contribution < -0.4 is 4.90 Å². The van der Waals surface area contributed by atoms with Gasteiger partial charge in [-0.1, -0.05) is 6.07 Å². The van der Waals surface area contributed by atoms with Gasteiger partial charge in [0.25, 0.3) is 0 Å². The number of benzene rings is 1. The Bertz CT molecular complexity index is 459. The van der Waals surface area contributed by atoms with Crippen LogP contribution in [0, 0.1) is 5.82 Å². The van der Waals surface area contributed by atoms with E-state index in [0.29, 0.717) is 18.7 Å². The van der Waals surface area contributed by atoms with Crippen molar-refractivity contribution in [3.63, 3.8) is 0 Å². The van der Waals surface area contributed by atoms with Crippen LogP contribution in [0.4, 0.5) is 10.1 Å². The quantitative estimate of drug-likeness (QED) is 0.823. The van der Waals surface area contributed by atoms with Gasteiger partial charge in [0.05, 0.1) is 5.69 Å². The van der Waals surface area contributed by atoms with Crippen molar-refractivity contribution in [3.05, 3.63) is 29.6 Å². The smallest absolute Gasteiger partial charge is 0.227 e. The number of hydrogen-bond donors (Lipinski definition) is 0. The molecule has 0 saturated carbocycles. The number of nitrogens with zero attached hydrogens (tertiary/aromatic N) is 2. The lowest BCUT2D eigenvalue weighted by Crippen LogP contribution is -2.25. The second kappa shape index (κ2) is 5.06. The third kappa shape index (κ3) is 2.38. The minimum absolute atomic E-state index is 0.0160. The van der Waals surface area contributed by atoms with Crippen molar-refractivity contribution >= 4 is 11.6 Å². The maximum Gasteiger partial charge on any atom is 0.227 e. The zero-order valence-electron chi connectivity index (χ0n) is 11.1. The van der Waals surface area contributed by atoms with Gasteiger partial charge in [-0.2, -0.15) is 0 Å². The van der Waals surface area contributed by atoms with E-state index in [4.69, 9.17) is 0 Å². The molecule has 1 fully saturated rings. The van der Waals surface area contributed by atoms with E-state index in [1.165, 1.54) is 6.07 Å². The van der Waals surface area contributed by atoms with Crippen molar-refractivity contribution in [3.8, 4) is 0 Å². The Morgan fingerprint density at radius 2 is 2.11 bits per heavy atom. The molecule has 4 heteroatoms. The van der Waals surface area contributed by atoms with Gasteiger partial charge in [-0.05, 0) is 45.1 Å². The van der Waals surface area contributed by atoms with Crippen molar-refractivity contribution in [2.45, 2.75) is 25.8 Å². The number of rotatable bonds is 3. The van der Waals surface area contributed by atoms with Gasteiger partial charge in [0.1, 0.15) is 5.82 Å². The monoisotopic (exact) mass is 250 g/mol. The molecular weight excluding hydrogens is 231 g/mol. The fourth-order valence-corrected chi connectivity index (χ4v) is 2.20. The Labute approximate surface area is 107 Å². The molecule has 18 heavy (non-hydrogen) atoms. The third-order valence-corrected chi connectivity index (χ3v) is 3.59. The summed E-state index contributed by atoms with van der Waals surface area (Å²) in [7, 11) is 3.92. The molecule has 0 radical (unpaired) electrons. The second-order valence-corrected chi connectivity index (χ2v) is 5.00. The minimum atomic E-state index is -0.309. The Balaban J connectivity index is 2.28. The molecule has 0 aliphatic carbocycles. The SMILES string of the molecule is CC(c1ccc(N2CCCC2=O)c(F)c1)N(C)C. The standard InChI is InChI=1S/C14H19FN2O/c1-10(16(2)3)11-6-7-13(12(15)9-11)17-8-4-5-14(17)18/h6-7,9-10H,4-5,8H2,1-3H3. The fraction of sp³-hybridized carbons (Fsp3) is 0.500. The summed E-state index contributed by atoms with van der Waals surface area (Å²) < 4.78 is 14.1. The summed E-state index contributed by atoms with van der Waals surface area (Å²) in [5.41, 5.74) is 1.33.